The topological polar surface area (TPSA) is 33.6 Å². The molecule has 2 heterocycles. The number of fused-ring (bicyclic) bond motifs is 1. The average Bonchev–Trinajstić information content (AvgIpc) is 3.01. The molecular weight excluding hydrogens is 310 g/mol. The third kappa shape index (κ3) is 2.84. The van der Waals surface area contributed by atoms with Gasteiger partial charge in [-0.3, -0.25) is 9.67 Å². The number of nitrogens with zero attached hydrogens (tertiary/aromatic N) is 2. The van der Waals surface area contributed by atoms with E-state index in [0.717, 1.165) is 11.7 Å². The summed E-state index contributed by atoms with van der Waals surface area (Å²) in [7, 11) is 0. The minimum Gasteiger partial charge on any atom is -0.296 e. The van der Waals surface area contributed by atoms with Crippen LogP contribution in [0.4, 0.5) is 0 Å². The van der Waals surface area contributed by atoms with Gasteiger partial charge in [-0.15, -0.1) is 17.9 Å². The predicted molar refractivity (Wildman–Crippen MR) is 95.9 cm³/mol. The largest absolute Gasteiger partial charge is 0.296 e. The average molecular weight is 334 g/mol. The number of aromatic nitrogens is 3. The molecule has 0 saturated heterocycles. The zero-order chi connectivity index (χ0) is 15.9. The van der Waals surface area contributed by atoms with Crippen LogP contribution in [0.2, 0.25) is 0 Å². The van der Waals surface area contributed by atoms with Gasteiger partial charge in [0, 0.05) is 11.4 Å². The van der Waals surface area contributed by atoms with Crippen LogP contribution in [-0.2, 0) is 19.4 Å². The van der Waals surface area contributed by atoms with Crippen molar-refractivity contribution in [3.05, 3.63) is 33.9 Å². The minimum absolute atomic E-state index is 0.378. The number of rotatable bonds is 3. The van der Waals surface area contributed by atoms with Crippen LogP contribution in [0.3, 0.4) is 0 Å². The molecule has 0 fully saturated rings. The number of thiophene rings is 1. The van der Waals surface area contributed by atoms with Gasteiger partial charge in [0.25, 0.3) is 0 Å². The molecule has 0 amide bonds. The molecule has 2 aromatic heterocycles. The van der Waals surface area contributed by atoms with Crippen molar-refractivity contribution in [1.82, 2.24) is 14.8 Å². The van der Waals surface area contributed by atoms with Crippen LogP contribution in [0.15, 0.2) is 18.7 Å². The van der Waals surface area contributed by atoms with Gasteiger partial charge in [-0.05, 0) is 54.4 Å². The molecule has 22 heavy (non-hydrogen) atoms. The van der Waals surface area contributed by atoms with E-state index in [1.807, 2.05) is 22.0 Å². The second kappa shape index (κ2) is 5.78. The first-order valence-electron chi connectivity index (χ1n) is 7.78. The molecule has 5 heteroatoms. The van der Waals surface area contributed by atoms with Crippen molar-refractivity contribution in [1.29, 1.82) is 0 Å². The number of nitrogens with one attached hydrogen (secondary N) is 1. The number of hydrogen-bond acceptors (Lipinski definition) is 3. The lowest BCUT2D eigenvalue weighted by atomic mass is 9.72. The van der Waals surface area contributed by atoms with Gasteiger partial charge < -0.3 is 0 Å². The van der Waals surface area contributed by atoms with Crippen molar-refractivity contribution < 1.29 is 0 Å². The van der Waals surface area contributed by atoms with E-state index in [1.54, 1.807) is 0 Å². The maximum atomic E-state index is 5.32. The molecule has 1 atom stereocenters. The number of hydrogen-bond donors (Lipinski definition) is 1. The van der Waals surface area contributed by atoms with Crippen molar-refractivity contribution in [3.8, 4) is 10.7 Å². The van der Waals surface area contributed by atoms with E-state index in [0.29, 0.717) is 16.7 Å². The summed E-state index contributed by atoms with van der Waals surface area (Å²) >= 11 is 7.19. The Morgan fingerprint density at radius 1 is 1.55 bits per heavy atom. The second-order valence-corrected chi connectivity index (χ2v) is 8.64. The summed E-state index contributed by atoms with van der Waals surface area (Å²) in [5.41, 5.74) is 1.88. The molecular formula is C17H23N3S2. The zero-order valence-electron chi connectivity index (χ0n) is 13.5. The lowest BCUT2D eigenvalue weighted by Gasteiger charge is -2.33. The van der Waals surface area contributed by atoms with E-state index >= 15 is 0 Å². The Hall–Kier alpha value is -1.20. The Morgan fingerprint density at radius 2 is 2.32 bits per heavy atom. The smallest absolute Gasteiger partial charge is 0.195 e. The number of H-pyrrole nitrogens is 1. The summed E-state index contributed by atoms with van der Waals surface area (Å²) in [6.07, 6.45) is 5.52. The first kappa shape index (κ1) is 15.7. The van der Waals surface area contributed by atoms with Crippen LogP contribution in [0, 0.1) is 16.1 Å². The van der Waals surface area contributed by atoms with Crippen molar-refractivity contribution in [3.63, 3.8) is 0 Å². The molecule has 118 valence electrons. The Morgan fingerprint density at radius 3 is 3.00 bits per heavy atom. The quantitative estimate of drug-likeness (QED) is 0.633. The van der Waals surface area contributed by atoms with Gasteiger partial charge in [-0.2, -0.15) is 5.10 Å². The molecule has 1 N–H and O–H groups in total. The van der Waals surface area contributed by atoms with Gasteiger partial charge in [-0.1, -0.05) is 26.8 Å². The highest BCUT2D eigenvalue weighted by Crippen LogP contribution is 2.42. The summed E-state index contributed by atoms with van der Waals surface area (Å²) < 4.78 is 2.68. The zero-order valence-corrected chi connectivity index (χ0v) is 15.1. The van der Waals surface area contributed by atoms with Crippen LogP contribution in [-0.4, -0.2) is 14.8 Å². The molecule has 3 nitrogen and oxygen atoms in total. The lowest BCUT2D eigenvalue weighted by molar-refractivity contribution is 0.217. The SMILES string of the molecule is C=CCn1c(-c2cc3c(s2)CC[C@@H](C(C)(C)C)C3)n[nH]c1=S. The summed E-state index contributed by atoms with van der Waals surface area (Å²) in [5, 5.41) is 7.33. The molecule has 0 spiro atoms. The van der Waals surface area contributed by atoms with Crippen molar-refractivity contribution in [2.45, 2.75) is 46.6 Å². The van der Waals surface area contributed by atoms with Gasteiger partial charge in [0.15, 0.2) is 10.6 Å². The Balaban J connectivity index is 1.95. The highest BCUT2D eigenvalue weighted by molar-refractivity contribution is 7.71. The van der Waals surface area contributed by atoms with E-state index in [4.69, 9.17) is 12.2 Å². The third-order valence-electron chi connectivity index (χ3n) is 4.60. The van der Waals surface area contributed by atoms with Gasteiger partial charge in [-0.25, -0.2) is 0 Å². The highest BCUT2D eigenvalue weighted by atomic mass is 32.1. The first-order valence-corrected chi connectivity index (χ1v) is 9.00. The Kier molecular flexibility index (Phi) is 4.12. The van der Waals surface area contributed by atoms with Crippen LogP contribution in [0.1, 0.15) is 37.6 Å². The molecule has 2 aromatic rings. The standard InChI is InChI=1S/C17H23N3S2/c1-5-8-20-15(18-19-16(20)21)14-10-11-9-12(17(2,3)4)6-7-13(11)22-14/h5,10,12H,1,6-9H2,2-4H3,(H,19,21)/t12-/m1/s1. The molecule has 1 aliphatic carbocycles. The number of aryl methyl sites for hydroxylation is 1. The van der Waals surface area contributed by atoms with Gasteiger partial charge in [0.1, 0.15) is 0 Å². The summed E-state index contributed by atoms with van der Waals surface area (Å²) in [5.74, 6) is 1.70. The normalized spacial score (nSPS) is 18.2. The molecule has 0 saturated carbocycles. The molecule has 0 bridgehead atoms. The summed E-state index contributed by atoms with van der Waals surface area (Å²) in [6.45, 7) is 11.6. The van der Waals surface area contributed by atoms with Crippen molar-refractivity contribution >= 4 is 23.6 Å². The highest BCUT2D eigenvalue weighted by Gasteiger charge is 2.30. The van der Waals surface area contributed by atoms with Gasteiger partial charge >= 0.3 is 0 Å². The predicted octanol–water partition coefficient (Wildman–Crippen LogP) is 5.01. The molecule has 1 aliphatic rings. The molecule has 3 rings (SSSR count). The van der Waals surface area contributed by atoms with E-state index < -0.39 is 0 Å². The fraction of sp³-hybridized carbons (Fsp3) is 0.529. The Labute approximate surface area is 141 Å². The molecule has 0 aromatic carbocycles. The van der Waals surface area contributed by atoms with Crippen LogP contribution < -0.4 is 0 Å². The number of allylic oxidation sites excluding steroid dienone is 1. The fourth-order valence-electron chi connectivity index (χ4n) is 3.18. The van der Waals surface area contributed by atoms with E-state index in [1.165, 1.54) is 34.6 Å². The van der Waals surface area contributed by atoms with E-state index in [-0.39, 0.29) is 0 Å². The van der Waals surface area contributed by atoms with Crippen LogP contribution in [0.5, 0.6) is 0 Å². The molecule has 0 unspecified atom stereocenters. The van der Waals surface area contributed by atoms with Gasteiger partial charge in [0.2, 0.25) is 0 Å². The first-order chi connectivity index (χ1) is 10.4. The summed E-state index contributed by atoms with van der Waals surface area (Å²) in [4.78, 5) is 2.74. The fourth-order valence-corrected chi connectivity index (χ4v) is 4.59. The monoisotopic (exact) mass is 333 g/mol. The van der Waals surface area contributed by atoms with Crippen molar-refractivity contribution in [2.75, 3.05) is 0 Å². The molecule has 0 aliphatic heterocycles. The molecule has 0 radical (unpaired) electrons. The lowest BCUT2D eigenvalue weighted by Crippen LogP contribution is -2.26. The maximum Gasteiger partial charge on any atom is 0.195 e. The Bertz CT molecular complexity index is 743. The maximum absolute atomic E-state index is 5.32. The second-order valence-electron chi connectivity index (χ2n) is 7.12. The summed E-state index contributed by atoms with van der Waals surface area (Å²) in [6, 6.07) is 2.32. The van der Waals surface area contributed by atoms with Crippen LogP contribution >= 0.6 is 23.6 Å². The van der Waals surface area contributed by atoms with Crippen LogP contribution in [0.25, 0.3) is 10.7 Å². The van der Waals surface area contributed by atoms with E-state index in [2.05, 4.69) is 43.6 Å². The minimum atomic E-state index is 0.378. The van der Waals surface area contributed by atoms with E-state index in [9.17, 15) is 0 Å². The van der Waals surface area contributed by atoms with Gasteiger partial charge in [0.05, 0.1) is 4.88 Å². The third-order valence-corrected chi connectivity index (χ3v) is 6.14. The number of aromatic amines is 1. The van der Waals surface area contributed by atoms with Crippen molar-refractivity contribution in [2.24, 2.45) is 11.3 Å².